The van der Waals surface area contributed by atoms with E-state index < -0.39 is 17.7 Å². The Morgan fingerprint density at radius 2 is 2.08 bits per heavy atom. The molecule has 0 spiro atoms. The van der Waals surface area contributed by atoms with Crippen LogP contribution in [0.15, 0.2) is 42.7 Å². The second-order valence-electron chi connectivity index (χ2n) is 5.32. The first-order valence-corrected chi connectivity index (χ1v) is 7.08. The Kier molecular flexibility index (Phi) is 3.93. The van der Waals surface area contributed by atoms with Crippen molar-refractivity contribution in [1.29, 1.82) is 5.26 Å². The van der Waals surface area contributed by atoms with Gasteiger partial charge in [-0.3, -0.25) is 4.98 Å². The van der Waals surface area contributed by atoms with Crippen molar-refractivity contribution in [3.63, 3.8) is 0 Å². The van der Waals surface area contributed by atoms with Crippen LogP contribution in [0, 0.1) is 11.3 Å². The number of aromatic nitrogens is 2. The third-order valence-corrected chi connectivity index (χ3v) is 3.78. The number of rotatable bonds is 3. The number of carbonyl (C=O) groups is 1. The predicted octanol–water partition coefficient (Wildman–Crippen LogP) is 3.67. The highest BCUT2D eigenvalue weighted by molar-refractivity contribution is 6.00. The van der Waals surface area contributed by atoms with Crippen LogP contribution in [-0.2, 0) is 12.7 Å². The van der Waals surface area contributed by atoms with E-state index in [9.17, 15) is 28.3 Å². The van der Waals surface area contributed by atoms with E-state index in [1.807, 2.05) is 6.07 Å². The zero-order chi connectivity index (χ0) is 18.2. The molecule has 0 aliphatic heterocycles. The molecule has 25 heavy (non-hydrogen) atoms. The average molecular weight is 345 g/mol. The van der Waals surface area contributed by atoms with Crippen LogP contribution in [0.3, 0.4) is 0 Å². The van der Waals surface area contributed by atoms with Crippen molar-refractivity contribution in [3.8, 4) is 6.07 Å². The summed E-state index contributed by atoms with van der Waals surface area (Å²) in [6, 6.07) is 7.98. The van der Waals surface area contributed by atoms with Gasteiger partial charge >= 0.3 is 12.1 Å². The molecule has 3 rings (SSSR count). The van der Waals surface area contributed by atoms with Gasteiger partial charge in [-0.15, -0.1) is 0 Å². The number of carboxylic acid groups (broad SMARTS) is 1. The highest BCUT2D eigenvalue weighted by Crippen LogP contribution is 2.31. The number of pyridine rings is 1. The number of alkyl halides is 3. The normalized spacial score (nSPS) is 11.4. The summed E-state index contributed by atoms with van der Waals surface area (Å²) in [7, 11) is 0. The Labute approximate surface area is 139 Å². The second kappa shape index (κ2) is 5.94. The lowest BCUT2D eigenvalue weighted by atomic mass is 10.1. The SMILES string of the molecule is N#Cc1c(C(=O)O)n(Cc2cccc(C(F)(F)F)c2)c2cnccc12. The third kappa shape index (κ3) is 2.92. The molecule has 0 atom stereocenters. The Balaban J connectivity index is 2.19. The van der Waals surface area contributed by atoms with Gasteiger partial charge in [0.25, 0.3) is 0 Å². The number of hydrogen-bond acceptors (Lipinski definition) is 3. The van der Waals surface area contributed by atoms with Crippen molar-refractivity contribution < 1.29 is 23.1 Å². The highest BCUT2D eigenvalue weighted by Gasteiger charge is 2.30. The molecule has 0 radical (unpaired) electrons. The summed E-state index contributed by atoms with van der Waals surface area (Å²) in [5, 5.41) is 19.2. The molecule has 2 aromatic heterocycles. The third-order valence-electron chi connectivity index (χ3n) is 3.78. The number of nitriles is 1. The molecule has 8 heteroatoms. The van der Waals surface area contributed by atoms with Crippen LogP contribution in [0.4, 0.5) is 13.2 Å². The molecule has 0 amide bonds. The van der Waals surface area contributed by atoms with Crippen molar-refractivity contribution in [3.05, 3.63) is 65.1 Å². The number of hydrogen-bond donors (Lipinski definition) is 1. The minimum atomic E-state index is -4.50. The van der Waals surface area contributed by atoms with Crippen LogP contribution in [0.25, 0.3) is 10.9 Å². The van der Waals surface area contributed by atoms with Gasteiger partial charge in [0.05, 0.1) is 22.8 Å². The zero-order valence-corrected chi connectivity index (χ0v) is 12.6. The van der Waals surface area contributed by atoms with Gasteiger partial charge in [-0.25, -0.2) is 4.79 Å². The smallest absolute Gasteiger partial charge is 0.416 e. The van der Waals surface area contributed by atoms with Crippen molar-refractivity contribution >= 4 is 16.9 Å². The summed E-state index contributed by atoms with van der Waals surface area (Å²) < 4.78 is 39.9. The molecule has 5 nitrogen and oxygen atoms in total. The minimum Gasteiger partial charge on any atom is -0.477 e. The van der Waals surface area contributed by atoms with Gasteiger partial charge in [0, 0.05) is 18.1 Å². The summed E-state index contributed by atoms with van der Waals surface area (Å²) in [5.41, 5.74) is -0.506. The number of benzene rings is 1. The quantitative estimate of drug-likeness (QED) is 0.785. The van der Waals surface area contributed by atoms with Crippen molar-refractivity contribution in [2.75, 3.05) is 0 Å². The van der Waals surface area contributed by atoms with Crippen LogP contribution in [0.1, 0.15) is 27.2 Å². The second-order valence-corrected chi connectivity index (χ2v) is 5.32. The molecule has 0 saturated carbocycles. The Morgan fingerprint density at radius 3 is 2.72 bits per heavy atom. The Bertz CT molecular complexity index is 1020. The van der Waals surface area contributed by atoms with Gasteiger partial charge in [-0.05, 0) is 23.8 Å². The lowest BCUT2D eigenvalue weighted by molar-refractivity contribution is -0.137. The van der Waals surface area contributed by atoms with E-state index in [4.69, 9.17) is 0 Å². The van der Waals surface area contributed by atoms with Crippen LogP contribution < -0.4 is 0 Å². The molecule has 1 aromatic carbocycles. The summed E-state index contributed by atoms with van der Waals surface area (Å²) in [6.07, 6.45) is -1.69. The first-order valence-electron chi connectivity index (χ1n) is 7.08. The van der Waals surface area contributed by atoms with E-state index in [-0.39, 0.29) is 23.4 Å². The Morgan fingerprint density at radius 1 is 1.32 bits per heavy atom. The molecule has 2 heterocycles. The standard InChI is InChI=1S/C17H10F3N3O2/c18-17(19,20)11-3-1-2-10(6-11)9-23-14-8-22-5-4-12(14)13(7-21)15(23)16(24)25/h1-6,8H,9H2,(H,24,25). The maximum atomic E-state index is 12.9. The van der Waals surface area contributed by atoms with Crippen LogP contribution in [0.5, 0.6) is 0 Å². The van der Waals surface area contributed by atoms with E-state index in [1.165, 1.54) is 35.2 Å². The van der Waals surface area contributed by atoms with Gasteiger partial charge in [0.1, 0.15) is 11.8 Å². The molecule has 0 aliphatic rings. The molecule has 0 fully saturated rings. The van der Waals surface area contributed by atoms with Gasteiger partial charge in [0.15, 0.2) is 0 Å². The van der Waals surface area contributed by atoms with Crippen LogP contribution in [-0.4, -0.2) is 20.6 Å². The molecule has 0 aliphatic carbocycles. The van der Waals surface area contributed by atoms with Gasteiger partial charge in [-0.1, -0.05) is 12.1 Å². The molecular formula is C17H10F3N3O2. The number of fused-ring (bicyclic) bond motifs is 1. The van der Waals surface area contributed by atoms with Crippen molar-refractivity contribution in [2.24, 2.45) is 0 Å². The van der Waals surface area contributed by atoms with E-state index in [0.717, 1.165) is 12.1 Å². The van der Waals surface area contributed by atoms with Crippen LogP contribution >= 0.6 is 0 Å². The van der Waals surface area contributed by atoms with E-state index in [0.29, 0.717) is 10.9 Å². The summed E-state index contributed by atoms with van der Waals surface area (Å²) in [5.74, 6) is -1.33. The van der Waals surface area contributed by atoms with Crippen molar-refractivity contribution in [2.45, 2.75) is 12.7 Å². The molecular weight excluding hydrogens is 335 g/mol. The minimum absolute atomic E-state index is 0.0446. The predicted molar refractivity (Wildman–Crippen MR) is 82.0 cm³/mol. The maximum absolute atomic E-state index is 12.9. The molecule has 3 aromatic rings. The van der Waals surface area contributed by atoms with E-state index in [2.05, 4.69) is 4.98 Å². The van der Waals surface area contributed by atoms with Crippen molar-refractivity contribution in [1.82, 2.24) is 9.55 Å². The fourth-order valence-electron chi connectivity index (χ4n) is 2.72. The zero-order valence-electron chi connectivity index (χ0n) is 12.6. The lowest BCUT2D eigenvalue weighted by Gasteiger charge is -2.11. The fourth-order valence-corrected chi connectivity index (χ4v) is 2.72. The maximum Gasteiger partial charge on any atom is 0.416 e. The van der Waals surface area contributed by atoms with E-state index >= 15 is 0 Å². The topological polar surface area (TPSA) is 78.9 Å². The van der Waals surface area contributed by atoms with Gasteiger partial charge < -0.3 is 9.67 Å². The fraction of sp³-hybridized carbons (Fsp3) is 0.118. The first kappa shape index (κ1) is 16.5. The number of halogens is 3. The van der Waals surface area contributed by atoms with Crippen LogP contribution in [0.2, 0.25) is 0 Å². The van der Waals surface area contributed by atoms with E-state index in [1.54, 1.807) is 0 Å². The summed E-state index contributed by atoms with van der Waals surface area (Å²) in [4.78, 5) is 15.5. The molecule has 0 unspecified atom stereocenters. The Hall–Kier alpha value is -3.34. The molecule has 126 valence electrons. The van der Waals surface area contributed by atoms with Gasteiger partial charge in [0.2, 0.25) is 0 Å². The monoisotopic (exact) mass is 345 g/mol. The largest absolute Gasteiger partial charge is 0.477 e. The molecule has 1 N–H and O–H groups in total. The number of carboxylic acids is 1. The molecule has 0 bridgehead atoms. The average Bonchev–Trinajstić information content (AvgIpc) is 2.88. The number of aromatic carboxylic acids is 1. The van der Waals surface area contributed by atoms with Gasteiger partial charge in [-0.2, -0.15) is 18.4 Å². The molecule has 0 saturated heterocycles. The highest BCUT2D eigenvalue weighted by atomic mass is 19.4. The number of nitrogens with zero attached hydrogens (tertiary/aromatic N) is 3. The lowest BCUT2D eigenvalue weighted by Crippen LogP contribution is -2.12. The summed E-state index contributed by atoms with van der Waals surface area (Å²) >= 11 is 0. The summed E-state index contributed by atoms with van der Waals surface area (Å²) in [6.45, 7) is -0.130. The first-order chi connectivity index (χ1) is 11.8.